The van der Waals surface area contributed by atoms with E-state index in [-0.39, 0.29) is 0 Å². The Morgan fingerprint density at radius 2 is 0.904 bits per heavy atom. The SMILES string of the molecule is Cc1ccc(-c2c3nc(c(-c4ccc(C)cc4)c4ccc([nH]4)c(-c4ccc(C)cc4)c4nc(c(/C=C(\C#N)C(=O)O)c5ccc2[nH]5)C=C4)C=C3)cc1. The molecule has 0 spiro atoms. The molecule has 0 radical (unpaired) electrons. The van der Waals surface area contributed by atoms with Crippen LogP contribution < -0.4 is 0 Å². The van der Waals surface area contributed by atoms with Crippen LogP contribution in [-0.4, -0.2) is 31.0 Å². The molecule has 8 bridgehead atoms. The molecule has 5 heterocycles. The monoisotopic (exact) mass is 675 g/mol. The largest absolute Gasteiger partial charge is 0.477 e. The lowest BCUT2D eigenvalue weighted by molar-refractivity contribution is -0.132. The molecule has 2 aliphatic rings. The summed E-state index contributed by atoms with van der Waals surface area (Å²) < 4.78 is 0. The predicted octanol–water partition coefficient (Wildman–Crippen LogP) is 10.6. The summed E-state index contributed by atoms with van der Waals surface area (Å²) in [7, 11) is 0. The van der Waals surface area contributed by atoms with Gasteiger partial charge in [0.25, 0.3) is 0 Å². The summed E-state index contributed by atoms with van der Waals surface area (Å²) in [6, 6.07) is 35.0. The Balaban J connectivity index is 1.57. The van der Waals surface area contributed by atoms with Crippen LogP contribution in [0.5, 0.6) is 0 Å². The van der Waals surface area contributed by atoms with Gasteiger partial charge in [-0.1, -0.05) is 89.5 Å². The molecule has 0 unspecified atom stereocenters. The van der Waals surface area contributed by atoms with Gasteiger partial charge in [-0.15, -0.1) is 0 Å². The maximum absolute atomic E-state index is 12.1. The number of aliphatic carboxylic acids is 1. The molecule has 7 heteroatoms. The lowest BCUT2D eigenvalue weighted by Crippen LogP contribution is -1.98. The van der Waals surface area contributed by atoms with Gasteiger partial charge in [-0.3, -0.25) is 0 Å². The van der Waals surface area contributed by atoms with Crippen molar-refractivity contribution in [2.24, 2.45) is 0 Å². The first-order chi connectivity index (χ1) is 25.2. The minimum Gasteiger partial charge on any atom is -0.477 e. The number of H-pyrrole nitrogens is 2. The summed E-state index contributed by atoms with van der Waals surface area (Å²) in [5.41, 5.74) is 15.2. The van der Waals surface area contributed by atoms with Crippen LogP contribution in [0.2, 0.25) is 0 Å². The number of hydrogen-bond donors (Lipinski definition) is 3. The quantitative estimate of drug-likeness (QED) is 0.124. The van der Waals surface area contributed by atoms with Gasteiger partial charge in [0.15, 0.2) is 0 Å². The standard InChI is InChI=1S/C45H33N5O2/c1-26-4-10-29(11-5-26)42-36-18-16-34(47-36)33(24-32(25-46)45(51)52)35-17-19-37(48-35)43(30-12-6-27(2)7-13-30)39-21-23-41(50-39)44(40-22-20-38(42)49-40)31-14-8-28(3)9-15-31/h4-24,47,50H,1-3H3,(H,51,52)/b32-24+,34-33?,35-33?,42-36?,42-38?,43-37?,43-39?,44-40?,44-41?. The predicted molar refractivity (Wildman–Crippen MR) is 211 cm³/mol. The number of aromatic amines is 2. The third-order valence-electron chi connectivity index (χ3n) is 9.45. The minimum atomic E-state index is -1.31. The maximum Gasteiger partial charge on any atom is 0.346 e. The molecule has 2 aliphatic heterocycles. The maximum atomic E-state index is 12.1. The third-order valence-corrected chi connectivity index (χ3v) is 9.45. The highest BCUT2D eigenvalue weighted by molar-refractivity contribution is 6.01. The first kappa shape index (κ1) is 32.2. The van der Waals surface area contributed by atoms with Crippen LogP contribution in [0, 0.1) is 32.1 Å². The highest BCUT2D eigenvalue weighted by Crippen LogP contribution is 2.37. The Bertz CT molecular complexity index is 2670. The fraction of sp³-hybridized carbons (Fsp3) is 0.0667. The number of benzene rings is 3. The van der Waals surface area contributed by atoms with Crippen molar-refractivity contribution in [3.05, 3.63) is 148 Å². The van der Waals surface area contributed by atoms with Crippen LogP contribution in [0.1, 0.15) is 45.0 Å². The molecule has 0 fully saturated rings. The number of carbonyl (C=O) groups is 1. The summed E-state index contributed by atoms with van der Waals surface area (Å²) in [6.45, 7) is 6.19. The van der Waals surface area contributed by atoms with Gasteiger partial charge in [-0.2, -0.15) is 5.26 Å². The van der Waals surface area contributed by atoms with Crippen molar-refractivity contribution in [1.29, 1.82) is 5.26 Å². The molecule has 3 aromatic carbocycles. The number of nitriles is 1. The van der Waals surface area contributed by atoms with Crippen LogP contribution in [0.4, 0.5) is 0 Å². The van der Waals surface area contributed by atoms with E-state index in [1.165, 1.54) is 11.6 Å². The van der Waals surface area contributed by atoms with Crippen LogP contribution in [0.15, 0.2) is 103 Å². The van der Waals surface area contributed by atoms with Crippen molar-refractivity contribution in [2.75, 3.05) is 0 Å². The van der Waals surface area contributed by atoms with Gasteiger partial charge in [0.1, 0.15) is 11.6 Å². The normalized spacial score (nSPS) is 12.2. The van der Waals surface area contributed by atoms with Crippen molar-refractivity contribution >= 4 is 58.4 Å². The van der Waals surface area contributed by atoms with Gasteiger partial charge in [-0.25, -0.2) is 14.8 Å². The van der Waals surface area contributed by atoms with E-state index in [0.29, 0.717) is 22.5 Å². The minimum absolute atomic E-state index is 0.397. The van der Waals surface area contributed by atoms with E-state index in [1.54, 1.807) is 0 Å². The first-order valence-electron chi connectivity index (χ1n) is 17.0. The van der Waals surface area contributed by atoms with Crippen molar-refractivity contribution in [1.82, 2.24) is 19.9 Å². The van der Waals surface area contributed by atoms with E-state index in [1.807, 2.05) is 36.4 Å². The summed E-state index contributed by atoms with van der Waals surface area (Å²) >= 11 is 0. The number of carboxylic acid groups (broad SMARTS) is 1. The zero-order valence-corrected chi connectivity index (χ0v) is 28.8. The Morgan fingerprint density at radius 1 is 0.558 bits per heavy atom. The molecule has 52 heavy (non-hydrogen) atoms. The smallest absolute Gasteiger partial charge is 0.346 e. The first-order valence-corrected chi connectivity index (χ1v) is 17.0. The number of nitrogens with zero attached hydrogens (tertiary/aromatic N) is 3. The molecule has 6 aromatic rings. The van der Waals surface area contributed by atoms with Crippen LogP contribution in [-0.2, 0) is 4.79 Å². The van der Waals surface area contributed by atoms with E-state index >= 15 is 0 Å². The topological polar surface area (TPSA) is 118 Å². The van der Waals surface area contributed by atoms with Crippen molar-refractivity contribution in [2.45, 2.75) is 20.8 Å². The molecule has 3 N–H and O–H groups in total. The molecule has 3 aromatic heterocycles. The fourth-order valence-electron chi connectivity index (χ4n) is 6.74. The van der Waals surface area contributed by atoms with Gasteiger partial charge in [0.2, 0.25) is 0 Å². The lowest BCUT2D eigenvalue weighted by Gasteiger charge is -2.07. The summed E-state index contributed by atoms with van der Waals surface area (Å²) in [5.74, 6) is -1.31. The van der Waals surface area contributed by atoms with E-state index in [9.17, 15) is 15.2 Å². The second-order valence-corrected chi connectivity index (χ2v) is 13.1. The molecule has 7 nitrogen and oxygen atoms in total. The summed E-state index contributed by atoms with van der Waals surface area (Å²) in [4.78, 5) is 29.8. The van der Waals surface area contributed by atoms with Gasteiger partial charge >= 0.3 is 5.97 Å². The van der Waals surface area contributed by atoms with E-state index in [0.717, 1.165) is 72.4 Å². The number of carboxylic acids is 1. The van der Waals surface area contributed by atoms with Gasteiger partial charge in [-0.05, 0) is 92.1 Å². The molecule has 250 valence electrons. The molecule has 0 saturated carbocycles. The highest BCUT2D eigenvalue weighted by atomic mass is 16.4. The van der Waals surface area contributed by atoms with Crippen molar-refractivity contribution in [3.8, 4) is 39.4 Å². The Labute approximate surface area is 300 Å². The Hall–Kier alpha value is -7.04. The molecular formula is C45H33N5O2. The van der Waals surface area contributed by atoms with Crippen molar-refractivity contribution < 1.29 is 9.90 Å². The third kappa shape index (κ3) is 5.93. The highest BCUT2D eigenvalue weighted by Gasteiger charge is 2.19. The number of nitrogens with one attached hydrogen (secondary N) is 2. The molecule has 0 aliphatic carbocycles. The Kier molecular flexibility index (Phi) is 8.05. The molecule has 8 rings (SSSR count). The van der Waals surface area contributed by atoms with Crippen LogP contribution in [0.25, 0.3) is 85.8 Å². The number of aryl methyl sites for hydroxylation is 3. The zero-order valence-electron chi connectivity index (χ0n) is 28.8. The molecule has 0 saturated heterocycles. The van der Waals surface area contributed by atoms with Gasteiger partial charge in [0.05, 0.1) is 22.8 Å². The molecular weight excluding hydrogens is 643 g/mol. The number of fused-ring (bicyclic) bond motifs is 8. The van der Waals surface area contributed by atoms with Gasteiger partial charge < -0.3 is 15.1 Å². The molecule has 0 atom stereocenters. The second-order valence-electron chi connectivity index (χ2n) is 13.1. The summed E-state index contributed by atoms with van der Waals surface area (Å²) in [5, 5.41) is 19.7. The van der Waals surface area contributed by atoms with Crippen molar-refractivity contribution in [3.63, 3.8) is 0 Å². The summed E-state index contributed by atoms with van der Waals surface area (Å²) in [6.07, 6.45) is 9.29. The lowest BCUT2D eigenvalue weighted by atomic mass is 10.0. The zero-order chi connectivity index (χ0) is 35.9. The van der Waals surface area contributed by atoms with Crippen LogP contribution >= 0.6 is 0 Å². The van der Waals surface area contributed by atoms with E-state index in [2.05, 4.69) is 122 Å². The second kappa shape index (κ2) is 13.0. The average Bonchev–Trinajstić information content (AvgIpc) is 3.98. The average molecular weight is 676 g/mol. The van der Waals surface area contributed by atoms with E-state index in [4.69, 9.17) is 9.97 Å². The Morgan fingerprint density at radius 3 is 1.29 bits per heavy atom. The fourth-order valence-corrected chi connectivity index (χ4v) is 6.74. The number of aromatic nitrogens is 4. The number of rotatable bonds is 5. The van der Waals surface area contributed by atoms with Crippen LogP contribution in [0.3, 0.4) is 0 Å². The molecule has 0 amide bonds. The number of hydrogen-bond acceptors (Lipinski definition) is 4. The van der Waals surface area contributed by atoms with E-state index < -0.39 is 11.5 Å². The van der Waals surface area contributed by atoms with Gasteiger partial charge in [0, 0.05) is 44.3 Å².